The van der Waals surface area contributed by atoms with Gasteiger partial charge in [0.2, 0.25) is 0 Å². The van der Waals surface area contributed by atoms with Gasteiger partial charge in [0.1, 0.15) is 29.2 Å². The van der Waals surface area contributed by atoms with E-state index in [2.05, 4.69) is 10.1 Å². The molecule has 0 saturated carbocycles. The zero-order valence-corrected chi connectivity index (χ0v) is 9.85. The Morgan fingerprint density at radius 3 is 2.58 bits per heavy atom. The zero-order valence-electron chi connectivity index (χ0n) is 9.85. The van der Waals surface area contributed by atoms with Gasteiger partial charge in [-0.05, 0) is 12.1 Å². The molecular weight excluding hydrogens is 256 g/mol. The smallest absolute Gasteiger partial charge is 0.387 e. The molecule has 0 heterocycles. The molecule has 7 heteroatoms. The lowest BCUT2D eigenvalue weighted by Crippen LogP contribution is -2.04. The minimum absolute atomic E-state index is 0.123. The first-order chi connectivity index (χ1) is 9.10. The molecule has 0 aromatic heterocycles. The summed E-state index contributed by atoms with van der Waals surface area (Å²) in [5.74, 6) is 0.287. The Balaban J connectivity index is 3.05. The Morgan fingerprint density at radius 1 is 1.37 bits per heavy atom. The number of nitriles is 2. The summed E-state index contributed by atoms with van der Waals surface area (Å²) in [6, 6.07) is 7.40. The van der Waals surface area contributed by atoms with Crippen molar-refractivity contribution in [3.8, 4) is 23.6 Å². The minimum atomic E-state index is -2.98. The summed E-state index contributed by atoms with van der Waals surface area (Å²) in [4.78, 5) is 0. The lowest BCUT2D eigenvalue weighted by molar-refractivity contribution is -0.0493. The van der Waals surface area contributed by atoms with Gasteiger partial charge in [-0.25, -0.2) is 0 Å². The molecule has 0 aliphatic carbocycles. The summed E-state index contributed by atoms with van der Waals surface area (Å²) < 4.78 is 33.7. The van der Waals surface area contributed by atoms with E-state index in [1.54, 1.807) is 12.1 Å². The van der Waals surface area contributed by atoms with Crippen LogP contribution < -0.4 is 14.8 Å². The van der Waals surface area contributed by atoms with Crippen LogP contribution in [-0.2, 0) is 0 Å². The van der Waals surface area contributed by atoms with Crippen LogP contribution in [0.15, 0.2) is 30.0 Å². The topological polar surface area (TPSA) is 78.1 Å². The molecule has 0 amide bonds. The fraction of sp³-hybridized carbons (Fsp3) is 0.167. The Labute approximate surface area is 108 Å². The summed E-state index contributed by atoms with van der Waals surface area (Å²) in [5, 5.41) is 19.7. The number of alkyl halides is 2. The number of allylic oxidation sites excluding steroid dienone is 1. The SMILES string of the molecule is COc1ccc(OC(F)F)c(NC=C(C#N)C#N)c1. The maximum atomic E-state index is 12.2. The van der Waals surface area contributed by atoms with E-state index in [1.807, 2.05) is 0 Å². The lowest BCUT2D eigenvalue weighted by Gasteiger charge is -2.11. The van der Waals surface area contributed by atoms with Crippen molar-refractivity contribution in [2.45, 2.75) is 6.61 Å². The van der Waals surface area contributed by atoms with Gasteiger partial charge in [0, 0.05) is 12.3 Å². The quantitative estimate of drug-likeness (QED) is 0.828. The molecule has 0 bridgehead atoms. The molecule has 0 radical (unpaired) electrons. The normalized spacial score (nSPS) is 9.16. The number of benzene rings is 1. The van der Waals surface area contributed by atoms with Crippen LogP contribution >= 0.6 is 0 Å². The van der Waals surface area contributed by atoms with Crippen molar-refractivity contribution in [2.24, 2.45) is 0 Å². The van der Waals surface area contributed by atoms with Crippen LogP contribution in [0.25, 0.3) is 0 Å². The maximum absolute atomic E-state index is 12.2. The van der Waals surface area contributed by atoms with Crippen LogP contribution in [0.1, 0.15) is 0 Å². The van der Waals surface area contributed by atoms with E-state index in [4.69, 9.17) is 15.3 Å². The van der Waals surface area contributed by atoms with Crippen LogP contribution in [0.5, 0.6) is 11.5 Å². The summed E-state index contributed by atoms with van der Waals surface area (Å²) in [6.07, 6.45) is 1.09. The predicted molar refractivity (Wildman–Crippen MR) is 62.6 cm³/mol. The standard InChI is InChI=1S/C12H9F2N3O2/c1-18-9-2-3-11(19-12(13)14)10(4-9)17-7-8(5-15)6-16/h2-4,7,12,17H,1H3. The van der Waals surface area contributed by atoms with Gasteiger partial charge in [0.15, 0.2) is 0 Å². The van der Waals surface area contributed by atoms with E-state index in [9.17, 15) is 8.78 Å². The number of rotatable bonds is 5. The van der Waals surface area contributed by atoms with Gasteiger partial charge >= 0.3 is 6.61 Å². The number of hydrogen-bond acceptors (Lipinski definition) is 5. The molecular formula is C12H9F2N3O2. The number of anilines is 1. The van der Waals surface area contributed by atoms with Crippen molar-refractivity contribution >= 4 is 5.69 Å². The molecule has 0 aliphatic heterocycles. The first-order valence-corrected chi connectivity index (χ1v) is 5.00. The molecule has 5 nitrogen and oxygen atoms in total. The lowest BCUT2D eigenvalue weighted by atomic mass is 10.2. The molecule has 0 fully saturated rings. The first kappa shape index (κ1) is 14.3. The molecule has 0 unspecified atom stereocenters. The summed E-state index contributed by atoms with van der Waals surface area (Å²) >= 11 is 0. The fourth-order valence-corrected chi connectivity index (χ4v) is 1.19. The molecule has 1 N–H and O–H groups in total. The predicted octanol–water partition coefficient (Wildman–Crippen LogP) is 2.64. The number of nitrogens with one attached hydrogen (secondary N) is 1. The maximum Gasteiger partial charge on any atom is 0.387 e. The summed E-state index contributed by atoms with van der Waals surface area (Å²) in [6.45, 7) is -2.98. The average molecular weight is 265 g/mol. The fourth-order valence-electron chi connectivity index (χ4n) is 1.19. The number of hydrogen-bond donors (Lipinski definition) is 1. The largest absolute Gasteiger partial charge is 0.497 e. The third-order valence-corrected chi connectivity index (χ3v) is 2.02. The third kappa shape index (κ3) is 4.17. The van der Waals surface area contributed by atoms with E-state index >= 15 is 0 Å². The third-order valence-electron chi connectivity index (χ3n) is 2.02. The second-order valence-electron chi connectivity index (χ2n) is 3.17. The van der Waals surface area contributed by atoms with Crippen molar-refractivity contribution in [2.75, 3.05) is 12.4 Å². The monoisotopic (exact) mass is 265 g/mol. The molecule has 0 aliphatic rings. The Bertz CT molecular complexity index is 543. The molecule has 1 aromatic rings. The second kappa shape index (κ2) is 6.82. The highest BCUT2D eigenvalue weighted by Gasteiger charge is 2.10. The number of halogens is 2. The number of nitrogens with zero attached hydrogens (tertiary/aromatic N) is 2. The van der Waals surface area contributed by atoms with Crippen LogP contribution in [0.4, 0.5) is 14.5 Å². The van der Waals surface area contributed by atoms with Crippen LogP contribution in [-0.4, -0.2) is 13.7 Å². The summed E-state index contributed by atoms with van der Waals surface area (Å²) in [7, 11) is 1.42. The molecule has 19 heavy (non-hydrogen) atoms. The van der Waals surface area contributed by atoms with Crippen molar-refractivity contribution in [1.29, 1.82) is 10.5 Å². The van der Waals surface area contributed by atoms with Crippen molar-refractivity contribution < 1.29 is 18.3 Å². The minimum Gasteiger partial charge on any atom is -0.497 e. The molecule has 1 rings (SSSR count). The first-order valence-electron chi connectivity index (χ1n) is 5.00. The van der Waals surface area contributed by atoms with Crippen molar-refractivity contribution in [1.82, 2.24) is 0 Å². The highest BCUT2D eigenvalue weighted by atomic mass is 19.3. The Hall–Kier alpha value is -2.80. The van der Waals surface area contributed by atoms with Crippen LogP contribution in [0, 0.1) is 22.7 Å². The van der Waals surface area contributed by atoms with Crippen molar-refractivity contribution in [3.05, 3.63) is 30.0 Å². The van der Waals surface area contributed by atoms with Gasteiger partial charge in [-0.1, -0.05) is 0 Å². The number of ether oxygens (including phenoxy) is 2. The molecule has 1 aromatic carbocycles. The number of methoxy groups -OCH3 is 1. The van der Waals surface area contributed by atoms with Gasteiger partial charge in [-0.15, -0.1) is 0 Å². The van der Waals surface area contributed by atoms with Gasteiger partial charge in [-0.3, -0.25) is 0 Å². The van der Waals surface area contributed by atoms with Gasteiger partial charge in [0.05, 0.1) is 12.8 Å². The molecule has 0 atom stereocenters. The van der Waals surface area contributed by atoms with E-state index in [-0.39, 0.29) is 17.0 Å². The van der Waals surface area contributed by atoms with Crippen LogP contribution in [0.3, 0.4) is 0 Å². The van der Waals surface area contributed by atoms with E-state index < -0.39 is 6.61 Å². The average Bonchev–Trinajstić information content (AvgIpc) is 2.40. The van der Waals surface area contributed by atoms with E-state index in [0.29, 0.717) is 5.75 Å². The van der Waals surface area contributed by atoms with Crippen molar-refractivity contribution in [3.63, 3.8) is 0 Å². The Morgan fingerprint density at radius 2 is 2.05 bits per heavy atom. The Kier molecular flexibility index (Phi) is 5.12. The van der Waals surface area contributed by atoms with Gasteiger partial charge < -0.3 is 14.8 Å². The zero-order chi connectivity index (χ0) is 14.3. The summed E-state index contributed by atoms with van der Waals surface area (Å²) in [5.41, 5.74) is -0.0477. The molecule has 0 saturated heterocycles. The van der Waals surface area contributed by atoms with E-state index in [1.165, 1.54) is 25.3 Å². The second-order valence-corrected chi connectivity index (χ2v) is 3.17. The molecule has 98 valence electrons. The van der Waals surface area contributed by atoms with Gasteiger partial charge in [0.25, 0.3) is 0 Å². The highest BCUT2D eigenvalue weighted by molar-refractivity contribution is 5.62. The van der Waals surface area contributed by atoms with Crippen LogP contribution in [0.2, 0.25) is 0 Å². The highest BCUT2D eigenvalue weighted by Crippen LogP contribution is 2.30. The van der Waals surface area contributed by atoms with Gasteiger partial charge in [-0.2, -0.15) is 19.3 Å². The van der Waals surface area contributed by atoms with E-state index in [0.717, 1.165) is 6.20 Å². The molecule has 0 spiro atoms.